The smallest absolute Gasteiger partial charge is 0.277 e. The molecule has 4 aromatic rings. The van der Waals surface area contributed by atoms with E-state index in [1.807, 2.05) is 25.1 Å². The molecule has 2 N–H and O–H groups in total. The number of nitrogens with zero attached hydrogens (tertiary/aromatic N) is 4. The van der Waals surface area contributed by atoms with Gasteiger partial charge in [0, 0.05) is 17.8 Å². The highest BCUT2D eigenvalue weighted by molar-refractivity contribution is 7.22. The van der Waals surface area contributed by atoms with E-state index in [9.17, 15) is 9.59 Å². The van der Waals surface area contributed by atoms with Crippen molar-refractivity contribution in [3.8, 4) is 0 Å². The van der Waals surface area contributed by atoms with E-state index >= 15 is 0 Å². The fourth-order valence-electron chi connectivity index (χ4n) is 2.49. The molecule has 0 saturated heterocycles. The molecular weight excluding hydrogens is 396 g/mol. The molecule has 0 bridgehead atoms. The second kappa shape index (κ2) is 7.79. The van der Waals surface area contributed by atoms with Gasteiger partial charge in [-0.2, -0.15) is 0 Å². The topological polar surface area (TPSA) is 110 Å². The highest BCUT2D eigenvalue weighted by Crippen LogP contribution is 2.28. The molecule has 28 heavy (non-hydrogen) atoms. The summed E-state index contributed by atoms with van der Waals surface area (Å²) in [5.74, 6) is -0.614. The Balaban J connectivity index is 1.38. The number of nitrogens with one attached hydrogen (secondary N) is 2. The Morgan fingerprint density at radius 2 is 2.00 bits per heavy atom. The first-order chi connectivity index (χ1) is 13.6. The van der Waals surface area contributed by atoms with E-state index in [4.69, 9.17) is 0 Å². The van der Waals surface area contributed by atoms with Crippen molar-refractivity contribution in [3.05, 3.63) is 59.1 Å². The molecule has 0 atom stereocenters. The van der Waals surface area contributed by atoms with Crippen LogP contribution in [0.2, 0.25) is 0 Å². The van der Waals surface area contributed by atoms with Crippen LogP contribution in [-0.4, -0.2) is 31.8 Å². The molecule has 1 aromatic carbocycles. The van der Waals surface area contributed by atoms with E-state index in [0.717, 1.165) is 15.8 Å². The minimum atomic E-state index is -0.400. The normalized spacial score (nSPS) is 10.8. The molecule has 0 radical (unpaired) electrons. The lowest BCUT2D eigenvalue weighted by Gasteiger charge is -2.00. The minimum Gasteiger partial charge on any atom is -0.302 e. The van der Waals surface area contributed by atoms with Gasteiger partial charge in [0.15, 0.2) is 10.3 Å². The molecule has 0 saturated carbocycles. The van der Waals surface area contributed by atoms with Crippen LogP contribution >= 0.6 is 22.7 Å². The Kier molecular flexibility index (Phi) is 5.04. The summed E-state index contributed by atoms with van der Waals surface area (Å²) in [4.78, 5) is 40.9. The fraction of sp³-hybridized carbons (Fsp3) is 0.111. The maximum Gasteiger partial charge on any atom is 0.277 e. The molecule has 0 aliphatic heterocycles. The van der Waals surface area contributed by atoms with Gasteiger partial charge in [0.05, 0.1) is 28.5 Å². The summed E-state index contributed by atoms with van der Waals surface area (Å²) >= 11 is 2.67. The van der Waals surface area contributed by atoms with Gasteiger partial charge in [0.1, 0.15) is 5.69 Å². The zero-order chi connectivity index (χ0) is 19.5. The standard InChI is InChI=1S/C18H14N6O2S2/c1-10-3-2-4-13-15(10)23-18(28-13)22-14(25)7-11-9-27-17(21-11)24-16(26)12-8-19-5-6-20-12/h2-6,8-9H,7H2,1H3,(H,21,24,26)(H,22,23,25). The molecule has 10 heteroatoms. The average Bonchev–Trinajstić information content (AvgIpc) is 3.29. The number of hydrogen-bond donors (Lipinski definition) is 2. The van der Waals surface area contributed by atoms with E-state index in [1.54, 1.807) is 5.38 Å². The predicted molar refractivity (Wildman–Crippen MR) is 109 cm³/mol. The molecule has 0 fully saturated rings. The third-order valence-corrected chi connectivity index (χ3v) is 5.52. The number of amides is 2. The van der Waals surface area contributed by atoms with Crippen molar-refractivity contribution in [2.24, 2.45) is 0 Å². The Labute approximate surface area is 167 Å². The van der Waals surface area contributed by atoms with E-state index in [1.165, 1.54) is 41.3 Å². The summed E-state index contributed by atoms with van der Waals surface area (Å²) in [5.41, 5.74) is 2.72. The number of carbonyl (C=O) groups is 2. The third-order valence-electron chi connectivity index (χ3n) is 3.78. The second-order valence-corrected chi connectivity index (χ2v) is 7.74. The van der Waals surface area contributed by atoms with Gasteiger partial charge in [0.2, 0.25) is 5.91 Å². The average molecular weight is 410 g/mol. The van der Waals surface area contributed by atoms with Crippen LogP contribution in [0.5, 0.6) is 0 Å². The summed E-state index contributed by atoms with van der Waals surface area (Å²) < 4.78 is 1.03. The summed E-state index contributed by atoms with van der Waals surface area (Å²) in [6.07, 6.45) is 4.39. The van der Waals surface area contributed by atoms with Crippen LogP contribution in [0.25, 0.3) is 10.2 Å². The van der Waals surface area contributed by atoms with Gasteiger partial charge in [-0.05, 0) is 18.6 Å². The predicted octanol–water partition coefficient (Wildman–Crippen LogP) is 3.28. The minimum absolute atomic E-state index is 0.0897. The highest BCUT2D eigenvalue weighted by atomic mass is 32.1. The van der Waals surface area contributed by atoms with Crippen molar-refractivity contribution in [2.75, 3.05) is 10.6 Å². The molecule has 0 unspecified atom stereocenters. The zero-order valence-electron chi connectivity index (χ0n) is 14.7. The first kappa shape index (κ1) is 18.1. The molecule has 2 amide bonds. The van der Waals surface area contributed by atoms with E-state index in [0.29, 0.717) is 16.0 Å². The van der Waals surface area contributed by atoms with Gasteiger partial charge in [-0.3, -0.25) is 19.9 Å². The lowest BCUT2D eigenvalue weighted by Crippen LogP contribution is -2.15. The lowest BCUT2D eigenvalue weighted by atomic mass is 10.2. The third kappa shape index (κ3) is 4.02. The van der Waals surface area contributed by atoms with Gasteiger partial charge >= 0.3 is 0 Å². The monoisotopic (exact) mass is 410 g/mol. The first-order valence-electron chi connectivity index (χ1n) is 8.26. The summed E-state index contributed by atoms with van der Waals surface area (Å²) in [5, 5.41) is 8.14. The van der Waals surface area contributed by atoms with Crippen molar-refractivity contribution in [2.45, 2.75) is 13.3 Å². The van der Waals surface area contributed by atoms with Crippen LogP contribution in [0, 0.1) is 6.92 Å². The van der Waals surface area contributed by atoms with Gasteiger partial charge in [-0.25, -0.2) is 15.0 Å². The number of benzene rings is 1. The van der Waals surface area contributed by atoms with Crippen molar-refractivity contribution in [3.63, 3.8) is 0 Å². The molecule has 8 nitrogen and oxygen atoms in total. The number of aromatic nitrogens is 4. The largest absolute Gasteiger partial charge is 0.302 e. The molecular formula is C18H14N6O2S2. The van der Waals surface area contributed by atoms with Crippen molar-refractivity contribution in [1.82, 2.24) is 19.9 Å². The first-order valence-corrected chi connectivity index (χ1v) is 9.96. The number of aryl methyl sites for hydroxylation is 1. The Hall–Kier alpha value is -3.24. The summed E-state index contributed by atoms with van der Waals surface area (Å²) in [7, 11) is 0. The maximum absolute atomic E-state index is 12.3. The highest BCUT2D eigenvalue weighted by Gasteiger charge is 2.14. The van der Waals surface area contributed by atoms with Gasteiger partial charge < -0.3 is 5.32 Å². The van der Waals surface area contributed by atoms with Crippen LogP contribution < -0.4 is 10.6 Å². The maximum atomic E-state index is 12.3. The number of hydrogen-bond acceptors (Lipinski definition) is 8. The fourth-order valence-corrected chi connectivity index (χ4v) is 4.16. The summed E-state index contributed by atoms with van der Waals surface area (Å²) in [6, 6.07) is 5.93. The Morgan fingerprint density at radius 3 is 2.79 bits per heavy atom. The second-order valence-electron chi connectivity index (χ2n) is 5.85. The lowest BCUT2D eigenvalue weighted by molar-refractivity contribution is -0.115. The van der Waals surface area contributed by atoms with Crippen LogP contribution in [0.15, 0.2) is 42.2 Å². The van der Waals surface area contributed by atoms with Crippen molar-refractivity contribution in [1.29, 1.82) is 0 Å². The Morgan fingerprint density at radius 1 is 1.11 bits per heavy atom. The van der Waals surface area contributed by atoms with Crippen molar-refractivity contribution < 1.29 is 9.59 Å². The number of anilines is 2. The van der Waals surface area contributed by atoms with Gasteiger partial charge in [0.25, 0.3) is 5.91 Å². The molecule has 4 rings (SSSR count). The Bertz CT molecular complexity index is 1160. The van der Waals surface area contributed by atoms with Crippen LogP contribution in [-0.2, 0) is 11.2 Å². The SMILES string of the molecule is Cc1cccc2sc(NC(=O)Cc3csc(NC(=O)c4cnccn4)n3)nc12. The van der Waals surface area contributed by atoms with E-state index in [2.05, 4.69) is 30.6 Å². The van der Waals surface area contributed by atoms with Crippen molar-refractivity contribution >= 4 is 55.0 Å². The molecule has 3 aromatic heterocycles. The molecule has 0 spiro atoms. The number of carbonyl (C=O) groups excluding carboxylic acids is 2. The van der Waals surface area contributed by atoms with E-state index in [-0.39, 0.29) is 18.0 Å². The summed E-state index contributed by atoms with van der Waals surface area (Å²) in [6.45, 7) is 1.99. The van der Waals surface area contributed by atoms with Crippen LogP contribution in [0.3, 0.4) is 0 Å². The van der Waals surface area contributed by atoms with Crippen LogP contribution in [0.1, 0.15) is 21.7 Å². The molecule has 3 heterocycles. The number of fused-ring (bicyclic) bond motifs is 1. The van der Waals surface area contributed by atoms with E-state index < -0.39 is 5.91 Å². The molecule has 0 aliphatic rings. The number of rotatable bonds is 5. The number of para-hydroxylation sites is 1. The van der Waals surface area contributed by atoms with Crippen LogP contribution in [0.4, 0.5) is 10.3 Å². The zero-order valence-corrected chi connectivity index (χ0v) is 16.3. The van der Waals surface area contributed by atoms with Gasteiger partial charge in [-0.1, -0.05) is 23.5 Å². The molecule has 140 valence electrons. The quantitative estimate of drug-likeness (QED) is 0.522. The van der Waals surface area contributed by atoms with Gasteiger partial charge in [-0.15, -0.1) is 11.3 Å². The molecule has 0 aliphatic carbocycles. The number of thiazole rings is 2.